The molecule has 0 fully saturated rings. The number of rotatable bonds is 6. The molecule has 92 valence electrons. The predicted octanol–water partition coefficient (Wildman–Crippen LogP) is 2.34. The van der Waals surface area contributed by atoms with Gasteiger partial charge in [-0.25, -0.2) is 4.79 Å². The molecule has 1 aromatic heterocycles. The van der Waals surface area contributed by atoms with Crippen LogP contribution in [-0.2, 0) is 4.74 Å². The highest BCUT2D eigenvalue weighted by atomic mass is 16.6. The summed E-state index contributed by atoms with van der Waals surface area (Å²) in [4.78, 5) is 25.3. The van der Waals surface area contributed by atoms with Crippen molar-refractivity contribution in [2.45, 2.75) is 26.2 Å². The molecule has 0 aliphatic heterocycles. The van der Waals surface area contributed by atoms with Crippen molar-refractivity contribution < 1.29 is 14.5 Å². The van der Waals surface area contributed by atoms with Crippen LogP contribution in [0, 0.1) is 10.1 Å². The number of nitrogens with zero attached hydrogens (tertiary/aromatic N) is 2. The average molecular weight is 238 g/mol. The molecule has 0 spiro atoms. The molecule has 0 unspecified atom stereocenters. The second kappa shape index (κ2) is 6.57. The van der Waals surface area contributed by atoms with Crippen LogP contribution >= 0.6 is 0 Å². The third-order valence-electron chi connectivity index (χ3n) is 2.20. The van der Waals surface area contributed by atoms with E-state index in [0.717, 1.165) is 25.5 Å². The fraction of sp³-hybridized carbons (Fsp3) is 0.455. The van der Waals surface area contributed by atoms with Crippen molar-refractivity contribution in [3.63, 3.8) is 0 Å². The van der Waals surface area contributed by atoms with Crippen molar-refractivity contribution in [3.05, 3.63) is 34.1 Å². The van der Waals surface area contributed by atoms with Crippen molar-refractivity contribution >= 4 is 11.7 Å². The van der Waals surface area contributed by atoms with Crippen molar-refractivity contribution in [1.82, 2.24) is 4.98 Å². The zero-order valence-electron chi connectivity index (χ0n) is 9.59. The number of pyridine rings is 1. The summed E-state index contributed by atoms with van der Waals surface area (Å²) in [6.07, 6.45) is 5.16. The Morgan fingerprint density at radius 1 is 1.53 bits per heavy atom. The van der Waals surface area contributed by atoms with Crippen LogP contribution in [0.3, 0.4) is 0 Å². The lowest BCUT2D eigenvalue weighted by atomic mass is 10.2. The third kappa shape index (κ3) is 3.82. The van der Waals surface area contributed by atoms with E-state index in [4.69, 9.17) is 4.74 Å². The minimum absolute atomic E-state index is 0.103. The maximum atomic E-state index is 11.6. The molecule has 0 aliphatic rings. The second-order valence-electron chi connectivity index (χ2n) is 3.49. The molecule has 6 heteroatoms. The van der Waals surface area contributed by atoms with Gasteiger partial charge < -0.3 is 4.74 Å². The van der Waals surface area contributed by atoms with E-state index in [1.54, 1.807) is 0 Å². The lowest BCUT2D eigenvalue weighted by Crippen LogP contribution is -2.09. The van der Waals surface area contributed by atoms with Gasteiger partial charge in [0.25, 0.3) is 5.69 Å². The first-order valence-electron chi connectivity index (χ1n) is 5.42. The highest BCUT2D eigenvalue weighted by molar-refractivity contribution is 5.93. The average Bonchev–Trinajstić information content (AvgIpc) is 2.34. The zero-order chi connectivity index (χ0) is 12.7. The standard InChI is InChI=1S/C11H14N2O4/c1-2-3-4-7-17-11(14)9-8-12-6-5-10(9)13(15)16/h5-6,8H,2-4,7H2,1H3. The van der Waals surface area contributed by atoms with E-state index in [9.17, 15) is 14.9 Å². The molecular weight excluding hydrogens is 224 g/mol. The summed E-state index contributed by atoms with van der Waals surface area (Å²) in [5.74, 6) is -0.694. The fourth-order valence-electron chi connectivity index (χ4n) is 1.30. The largest absolute Gasteiger partial charge is 0.462 e. The van der Waals surface area contributed by atoms with Crippen LogP contribution < -0.4 is 0 Å². The molecule has 0 amide bonds. The van der Waals surface area contributed by atoms with Gasteiger partial charge in [0.2, 0.25) is 0 Å². The first kappa shape index (κ1) is 13.1. The molecule has 1 aromatic rings. The number of aromatic nitrogens is 1. The van der Waals surface area contributed by atoms with Crippen LogP contribution in [-0.4, -0.2) is 22.5 Å². The normalized spacial score (nSPS) is 9.94. The first-order valence-corrected chi connectivity index (χ1v) is 5.42. The summed E-state index contributed by atoms with van der Waals surface area (Å²) in [6, 6.07) is 1.18. The van der Waals surface area contributed by atoms with Gasteiger partial charge >= 0.3 is 5.97 Å². The number of hydrogen-bond donors (Lipinski definition) is 0. The fourth-order valence-corrected chi connectivity index (χ4v) is 1.30. The van der Waals surface area contributed by atoms with Gasteiger partial charge in [0.1, 0.15) is 0 Å². The Morgan fingerprint density at radius 3 is 2.94 bits per heavy atom. The zero-order valence-corrected chi connectivity index (χ0v) is 9.59. The molecule has 0 atom stereocenters. The van der Waals surface area contributed by atoms with Crippen LogP contribution in [0.25, 0.3) is 0 Å². The molecule has 0 bridgehead atoms. The lowest BCUT2D eigenvalue weighted by molar-refractivity contribution is -0.385. The summed E-state index contributed by atoms with van der Waals surface area (Å²) in [7, 11) is 0. The number of unbranched alkanes of at least 4 members (excludes halogenated alkanes) is 2. The first-order chi connectivity index (χ1) is 8.16. The molecule has 0 N–H and O–H groups in total. The molecule has 0 aromatic carbocycles. The Bertz CT molecular complexity index is 406. The van der Waals surface area contributed by atoms with E-state index in [0.29, 0.717) is 0 Å². The Hall–Kier alpha value is -1.98. The van der Waals surface area contributed by atoms with E-state index < -0.39 is 10.9 Å². The van der Waals surface area contributed by atoms with Crippen molar-refractivity contribution in [2.75, 3.05) is 6.61 Å². The topological polar surface area (TPSA) is 82.3 Å². The summed E-state index contributed by atoms with van der Waals surface area (Å²) in [5, 5.41) is 10.7. The second-order valence-corrected chi connectivity index (χ2v) is 3.49. The van der Waals surface area contributed by atoms with Crippen LogP contribution in [0.1, 0.15) is 36.5 Å². The number of carbonyl (C=O) groups is 1. The summed E-state index contributed by atoms with van der Waals surface area (Å²) < 4.78 is 4.94. The van der Waals surface area contributed by atoms with E-state index in [1.807, 2.05) is 6.92 Å². The molecular formula is C11H14N2O4. The van der Waals surface area contributed by atoms with Gasteiger partial charge in [-0.05, 0) is 6.42 Å². The van der Waals surface area contributed by atoms with Gasteiger partial charge in [0.15, 0.2) is 5.56 Å². The quantitative estimate of drug-likeness (QED) is 0.329. The highest BCUT2D eigenvalue weighted by Gasteiger charge is 2.20. The van der Waals surface area contributed by atoms with Crippen LogP contribution in [0.2, 0.25) is 0 Å². The lowest BCUT2D eigenvalue weighted by Gasteiger charge is -2.04. The van der Waals surface area contributed by atoms with Gasteiger partial charge in [-0.15, -0.1) is 0 Å². The number of hydrogen-bond acceptors (Lipinski definition) is 5. The minimum Gasteiger partial charge on any atom is -0.462 e. The minimum atomic E-state index is -0.694. The molecule has 0 radical (unpaired) electrons. The van der Waals surface area contributed by atoms with Gasteiger partial charge in [-0.2, -0.15) is 0 Å². The van der Waals surface area contributed by atoms with E-state index in [1.165, 1.54) is 12.3 Å². The third-order valence-corrected chi connectivity index (χ3v) is 2.20. The summed E-state index contributed by atoms with van der Waals surface area (Å²) in [5.41, 5.74) is -0.380. The number of ether oxygens (including phenoxy) is 1. The van der Waals surface area contributed by atoms with Crippen molar-refractivity contribution in [3.8, 4) is 0 Å². The number of nitro groups is 1. The highest BCUT2D eigenvalue weighted by Crippen LogP contribution is 2.17. The van der Waals surface area contributed by atoms with Crippen molar-refractivity contribution in [2.24, 2.45) is 0 Å². The van der Waals surface area contributed by atoms with E-state index in [2.05, 4.69) is 4.98 Å². The molecule has 17 heavy (non-hydrogen) atoms. The van der Waals surface area contributed by atoms with Crippen molar-refractivity contribution in [1.29, 1.82) is 0 Å². The maximum Gasteiger partial charge on any atom is 0.346 e. The predicted molar refractivity (Wildman–Crippen MR) is 60.7 cm³/mol. The van der Waals surface area contributed by atoms with Gasteiger partial charge in [-0.3, -0.25) is 15.1 Å². The monoisotopic (exact) mass is 238 g/mol. The molecule has 0 saturated heterocycles. The Morgan fingerprint density at radius 2 is 2.29 bits per heavy atom. The molecule has 1 rings (SSSR count). The molecule has 0 aliphatic carbocycles. The summed E-state index contributed by atoms with van der Waals surface area (Å²) >= 11 is 0. The maximum absolute atomic E-state index is 11.6. The molecule has 6 nitrogen and oxygen atoms in total. The van der Waals surface area contributed by atoms with Gasteiger partial charge in [-0.1, -0.05) is 19.8 Å². The smallest absolute Gasteiger partial charge is 0.346 e. The van der Waals surface area contributed by atoms with Crippen LogP contribution in [0.4, 0.5) is 5.69 Å². The number of carbonyl (C=O) groups excluding carboxylic acids is 1. The Balaban J connectivity index is 2.65. The Kier molecular flexibility index (Phi) is 5.06. The van der Waals surface area contributed by atoms with Gasteiger partial charge in [0.05, 0.1) is 11.5 Å². The van der Waals surface area contributed by atoms with Crippen LogP contribution in [0.15, 0.2) is 18.5 Å². The SMILES string of the molecule is CCCCCOC(=O)c1cnccc1[N+](=O)[O-]. The van der Waals surface area contributed by atoms with Crippen LogP contribution in [0.5, 0.6) is 0 Å². The molecule has 1 heterocycles. The van der Waals surface area contributed by atoms with E-state index >= 15 is 0 Å². The summed E-state index contributed by atoms with van der Waals surface area (Å²) in [6.45, 7) is 2.31. The van der Waals surface area contributed by atoms with E-state index in [-0.39, 0.29) is 17.9 Å². The molecule has 0 saturated carbocycles. The Labute approximate surface area is 98.8 Å². The number of esters is 1. The van der Waals surface area contributed by atoms with Gasteiger partial charge in [0, 0.05) is 18.5 Å².